The molecule has 5 aromatic carbocycles. The molecule has 8 heteroatoms. The third-order valence-corrected chi connectivity index (χ3v) is 8.68. The van der Waals surface area contributed by atoms with Gasteiger partial charge in [0.2, 0.25) is 0 Å². The fourth-order valence-electron chi connectivity index (χ4n) is 6.19. The van der Waals surface area contributed by atoms with Crippen LogP contribution in [-0.2, 0) is 0 Å². The van der Waals surface area contributed by atoms with Crippen LogP contribution in [0.4, 0.5) is 0 Å². The Hall–Kier alpha value is -6.28. The molecule has 0 fully saturated rings. The van der Waals surface area contributed by atoms with Gasteiger partial charge < -0.3 is 9.84 Å². The van der Waals surface area contributed by atoms with E-state index in [4.69, 9.17) is 4.74 Å². The lowest BCUT2D eigenvalue weighted by Crippen LogP contribution is -2.25. The molecule has 8 nitrogen and oxygen atoms in total. The summed E-state index contributed by atoms with van der Waals surface area (Å²) in [6.45, 7) is 3.98. The highest BCUT2D eigenvalue weighted by Gasteiger charge is 2.34. The minimum Gasteiger partial charge on any atom is -0.504 e. The van der Waals surface area contributed by atoms with E-state index in [-0.39, 0.29) is 22.6 Å². The Labute approximate surface area is 277 Å². The van der Waals surface area contributed by atoms with E-state index >= 15 is 0 Å². The van der Waals surface area contributed by atoms with Gasteiger partial charge in [-0.3, -0.25) is 19.8 Å². The maximum absolute atomic E-state index is 14.9. The van der Waals surface area contributed by atoms with Crippen molar-refractivity contribution in [3.8, 4) is 45.4 Å². The minimum absolute atomic E-state index is 0.0520. The first-order chi connectivity index (χ1) is 23.3. The SMILES string of the molecule is COc1cc(C(c2c(-c3ccccc3)[nH]n(-c3ccc(C)cc3)c2=O)c2c(-c3ccccc3)[nH]n(-c3ccc(C)cc3)c2=O)ccc1O. The van der Waals surface area contributed by atoms with E-state index in [1.807, 2.05) is 123 Å². The van der Waals surface area contributed by atoms with Gasteiger partial charge in [-0.15, -0.1) is 0 Å². The Bertz CT molecular complexity index is 2190. The van der Waals surface area contributed by atoms with Gasteiger partial charge in [0.25, 0.3) is 11.1 Å². The summed E-state index contributed by atoms with van der Waals surface area (Å²) in [5.41, 5.74) is 6.86. The lowest BCUT2D eigenvalue weighted by Gasteiger charge is -2.19. The highest BCUT2D eigenvalue weighted by Crippen LogP contribution is 2.41. The van der Waals surface area contributed by atoms with E-state index in [2.05, 4.69) is 10.2 Å². The summed E-state index contributed by atoms with van der Waals surface area (Å²) in [7, 11) is 1.47. The van der Waals surface area contributed by atoms with E-state index < -0.39 is 5.92 Å². The molecule has 48 heavy (non-hydrogen) atoms. The molecular formula is C40H34N4O4. The smallest absolute Gasteiger partial charge is 0.276 e. The molecule has 3 N–H and O–H groups in total. The molecule has 0 unspecified atom stereocenters. The molecule has 7 aromatic rings. The number of aromatic hydroxyl groups is 1. The quantitative estimate of drug-likeness (QED) is 0.161. The van der Waals surface area contributed by atoms with Crippen LogP contribution in [0.5, 0.6) is 11.5 Å². The molecule has 0 amide bonds. The van der Waals surface area contributed by atoms with Crippen LogP contribution in [0.25, 0.3) is 33.9 Å². The predicted molar refractivity (Wildman–Crippen MR) is 189 cm³/mol. The summed E-state index contributed by atoms with van der Waals surface area (Å²) in [5.74, 6) is -0.719. The van der Waals surface area contributed by atoms with Crippen molar-refractivity contribution in [2.24, 2.45) is 0 Å². The largest absolute Gasteiger partial charge is 0.504 e. The molecule has 7 rings (SSSR count). The second kappa shape index (κ2) is 12.5. The maximum Gasteiger partial charge on any atom is 0.276 e. The van der Waals surface area contributed by atoms with Crippen molar-refractivity contribution in [1.82, 2.24) is 19.6 Å². The maximum atomic E-state index is 14.9. The van der Waals surface area contributed by atoms with Gasteiger partial charge in [-0.25, -0.2) is 9.36 Å². The fourth-order valence-corrected chi connectivity index (χ4v) is 6.19. The van der Waals surface area contributed by atoms with E-state index in [1.54, 1.807) is 12.1 Å². The Morgan fingerprint density at radius 3 is 1.46 bits per heavy atom. The molecule has 0 aliphatic heterocycles. The van der Waals surface area contributed by atoms with Gasteiger partial charge in [0, 0.05) is 5.92 Å². The number of H-pyrrole nitrogens is 2. The first kappa shape index (κ1) is 30.4. The highest BCUT2D eigenvalue weighted by molar-refractivity contribution is 5.72. The summed E-state index contributed by atoms with van der Waals surface area (Å²) in [4.78, 5) is 29.7. The number of aromatic amines is 2. The van der Waals surface area contributed by atoms with E-state index in [9.17, 15) is 14.7 Å². The predicted octanol–water partition coefficient (Wildman–Crippen LogP) is 7.49. The van der Waals surface area contributed by atoms with Gasteiger partial charge in [-0.2, -0.15) is 0 Å². The van der Waals surface area contributed by atoms with Gasteiger partial charge in [0.1, 0.15) is 0 Å². The van der Waals surface area contributed by atoms with Crippen molar-refractivity contribution in [3.63, 3.8) is 0 Å². The molecule has 2 aromatic heterocycles. The Morgan fingerprint density at radius 2 is 1.04 bits per heavy atom. The summed E-state index contributed by atoms with van der Waals surface area (Å²) >= 11 is 0. The summed E-state index contributed by atoms with van der Waals surface area (Å²) in [5, 5.41) is 17.4. The van der Waals surface area contributed by atoms with Crippen LogP contribution in [0.15, 0.2) is 137 Å². The van der Waals surface area contributed by atoms with Crippen LogP contribution < -0.4 is 15.9 Å². The number of methoxy groups -OCH3 is 1. The van der Waals surface area contributed by atoms with Crippen molar-refractivity contribution in [2.75, 3.05) is 7.11 Å². The van der Waals surface area contributed by atoms with E-state index in [0.29, 0.717) is 39.5 Å². The third kappa shape index (κ3) is 5.43. The minimum atomic E-state index is -0.893. The average molecular weight is 635 g/mol. The number of phenolic OH excluding ortho intramolecular Hbond substituents is 1. The first-order valence-corrected chi connectivity index (χ1v) is 15.7. The Kier molecular flexibility index (Phi) is 7.90. The number of hydrogen-bond acceptors (Lipinski definition) is 4. The second-order valence-electron chi connectivity index (χ2n) is 11.8. The fraction of sp³-hybridized carbons (Fsp3) is 0.100. The molecule has 0 spiro atoms. The second-order valence-corrected chi connectivity index (χ2v) is 11.8. The molecule has 0 aliphatic carbocycles. The van der Waals surface area contributed by atoms with Crippen LogP contribution in [0.1, 0.15) is 33.7 Å². The van der Waals surface area contributed by atoms with Crippen molar-refractivity contribution in [3.05, 3.63) is 176 Å². The normalized spacial score (nSPS) is 11.2. The van der Waals surface area contributed by atoms with E-state index in [1.165, 1.54) is 22.5 Å². The van der Waals surface area contributed by atoms with Gasteiger partial charge in [0.15, 0.2) is 11.5 Å². The first-order valence-electron chi connectivity index (χ1n) is 15.7. The van der Waals surface area contributed by atoms with Crippen molar-refractivity contribution in [1.29, 1.82) is 0 Å². The monoisotopic (exact) mass is 634 g/mol. The number of hydrogen-bond donors (Lipinski definition) is 3. The number of aromatic nitrogens is 4. The van der Waals surface area contributed by atoms with Crippen LogP contribution in [-0.4, -0.2) is 31.8 Å². The van der Waals surface area contributed by atoms with Gasteiger partial charge >= 0.3 is 0 Å². The van der Waals surface area contributed by atoms with Crippen molar-refractivity contribution >= 4 is 0 Å². The Morgan fingerprint density at radius 1 is 0.604 bits per heavy atom. The molecule has 0 atom stereocenters. The van der Waals surface area contributed by atoms with Crippen LogP contribution in [0.2, 0.25) is 0 Å². The van der Waals surface area contributed by atoms with Crippen LogP contribution in [0, 0.1) is 13.8 Å². The summed E-state index contributed by atoms with van der Waals surface area (Å²) < 4.78 is 8.58. The number of nitrogens with one attached hydrogen (secondary N) is 2. The number of rotatable bonds is 8. The van der Waals surface area contributed by atoms with Crippen LogP contribution >= 0.6 is 0 Å². The molecule has 0 bridgehead atoms. The van der Waals surface area contributed by atoms with Crippen molar-refractivity contribution in [2.45, 2.75) is 19.8 Å². The van der Waals surface area contributed by atoms with Gasteiger partial charge in [-0.1, -0.05) is 102 Å². The standard InChI is InChI=1S/C40H34N4O4/c1-25-14-19-30(20-15-25)43-39(46)35(37(41-43)27-10-6-4-7-11-27)34(29-18-23-32(45)33(24-29)48-3)36-38(28-12-8-5-9-13-28)42-44(40(36)47)31-21-16-26(2)17-22-31/h4-24,34,41-42,45H,1-3H3. The number of phenols is 1. The summed E-state index contributed by atoms with van der Waals surface area (Å²) in [6.07, 6.45) is 0. The molecular weight excluding hydrogens is 600 g/mol. The van der Waals surface area contributed by atoms with Crippen molar-refractivity contribution < 1.29 is 9.84 Å². The van der Waals surface area contributed by atoms with Gasteiger partial charge in [0.05, 0.1) is 41.0 Å². The van der Waals surface area contributed by atoms with Gasteiger partial charge in [-0.05, 0) is 66.9 Å². The van der Waals surface area contributed by atoms with E-state index in [0.717, 1.165) is 22.3 Å². The number of nitrogens with zero attached hydrogens (tertiary/aromatic N) is 2. The zero-order chi connectivity index (χ0) is 33.4. The van der Waals surface area contributed by atoms with Crippen LogP contribution in [0.3, 0.4) is 0 Å². The highest BCUT2D eigenvalue weighted by atomic mass is 16.5. The topological polar surface area (TPSA) is 105 Å². The molecule has 0 aliphatic rings. The molecule has 0 radical (unpaired) electrons. The molecule has 0 saturated heterocycles. The summed E-state index contributed by atoms with van der Waals surface area (Å²) in [6, 6.07) is 39.5. The molecule has 0 saturated carbocycles. The number of benzene rings is 5. The molecule has 238 valence electrons. The third-order valence-electron chi connectivity index (χ3n) is 8.68. The zero-order valence-corrected chi connectivity index (χ0v) is 26.8. The average Bonchev–Trinajstić information content (AvgIpc) is 3.64. The number of aryl methyl sites for hydroxylation is 2. The molecule has 2 heterocycles. The lowest BCUT2D eigenvalue weighted by molar-refractivity contribution is 0.373. The number of ether oxygens (including phenoxy) is 1. The Balaban J connectivity index is 1.61. The zero-order valence-electron chi connectivity index (χ0n) is 26.8. The lowest BCUT2D eigenvalue weighted by atomic mass is 9.83.